The zero-order valence-corrected chi connectivity index (χ0v) is 12.6. The van der Waals surface area contributed by atoms with Crippen LogP contribution in [0.15, 0.2) is 0 Å². The first-order valence-corrected chi connectivity index (χ1v) is 8.59. The molecule has 0 bridgehead atoms. The van der Waals surface area contributed by atoms with Crippen LogP contribution in [0.3, 0.4) is 0 Å². The second-order valence-corrected chi connectivity index (χ2v) is 6.37. The molecule has 1 heterocycles. The van der Waals surface area contributed by atoms with Crippen molar-refractivity contribution >= 4 is 39.6 Å². The Kier molecular flexibility index (Phi) is 7.65. The van der Waals surface area contributed by atoms with Crippen LogP contribution in [0, 0.1) is 0 Å². The van der Waals surface area contributed by atoms with Gasteiger partial charge in [0.15, 0.2) is 0 Å². The Morgan fingerprint density at radius 1 is 1.35 bits per heavy atom. The highest BCUT2D eigenvalue weighted by Crippen LogP contribution is 2.20. The summed E-state index contributed by atoms with van der Waals surface area (Å²) in [7, 11) is 3.18. The van der Waals surface area contributed by atoms with Crippen LogP contribution in [0.2, 0.25) is 0 Å². The Morgan fingerprint density at radius 3 is 2.75 bits per heavy atom. The average Bonchev–Trinajstić information content (AvgIpc) is 2.77. The van der Waals surface area contributed by atoms with Gasteiger partial charge < -0.3 is 10.1 Å². The third-order valence-corrected chi connectivity index (χ3v) is 4.55. The molecule has 0 unspecified atom stereocenters. The van der Waals surface area contributed by atoms with Gasteiger partial charge in [-0.05, 0) is 6.54 Å². The van der Waals surface area contributed by atoms with E-state index in [0.29, 0.717) is 24.3 Å². The van der Waals surface area contributed by atoms with Gasteiger partial charge in [-0.2, -0.15) is 0 Å². The molecule has 1 saturated heterocycles. The number of hydroxylamine groups is 2. The summed E-state index contributed by atoms with van der Waals surface area (Å²) >= 11 is 0. The molecule has 0 aromatic carbocycles. The normalized spacial score (nSPS) is 15.4. The topological polar surface area (TPSA) is 84.9 Å². The van der Waals surface area contributed by atoms with Crippen LogP contribution >= 0.6 is 21.6 Å². The van der Waals surface area contributed by atoms with Gasteiger partial charge in [-0.3, -0.25) is 14.4 Å². The first-order chi connectivity index (χ1) is 10.1. The maximum atomic E-state index is 11.3. The van der Waals surface area contributed by atoms with E-state index in [0.717, 1.165) is 12.3 Å². The van der Waals surface area contributed by atoms with Crippen LogP contribution in [0.5, 0.6) is 0 Å². The molecule has 9 heteroatoms. The lowest BCUT2D eigenvalue weighted by molar-refractivity contribution is -0.176. The molecule has 1 aliphatic rings. The van der Waals surface area contributed by atoms with Crippen molar-refractivity contribution in [3.05, 3.63) is 0 Å². The van der Waals surface area contributed by atoms with Crippen LogP contribution in [-0.4, -0.2) is 54.2 Å². The minimum atomic E-state index is -1.04. The second kappa shape index (κ2) is 9.89. The van der Waals surface area contributed by atoms with Gasteiger partial charge in [0, 0.05) is 32.3 Å². The predicted molar refractivity (Wildman–Crippen MR) is 77.0 cm³/mol. The van der Waals surface area contributed by atoms with E-state index in [1.165, 1.54) is 0 Å². The molecule has 1 N–H and O–H groups in total. The summed E-state index contributed by atoms with van der Waals surface area (Å²) < 4.78 is 11.7. The highest BCUT2D eigenvalue weighted by atomic mass is 33.1. The lowest BCUT2D eigenvalue weighted by Gasteiger charge is -2.12. The molecule has 7 nitrogen and oxygen atoms in total. The second-order valence-electron chi connectivity index (χ2n) is 3.67. The molecule has 1 rings (SSSR count). The van der Waals surface area contributed by atoms with Crippen molar-refractivity contribution in [2.24, 2.45) is 0 Å². The Bertz CT molecular complexity index is 357. The zero-order valence-electron chi connectivity index (χ0n) is 12.0. The molecular weight excluding hydrogens is 304 g/mol. The van der Waals surface area contributed by atoms with Gasteiger partial charge in [0.1, 0.15) is 6.61 Å². The summed E-state index contributed by atoms with van der Waals surface area (Å²) in [4.78, 5) is 38.2. The van der Waals surface area contributed by atoms with Crippen LogP contribution < -0.4 is 5.32 Å². The molecule has 0 atom stereocenters. The first-order valence-electron chi connectivity index (χ1n) is 6.80. The average molecular weight is 324 g/mol. The van der Waals surface area contributed by atoms with E-state index in [1.807, 2.05) is 0 Å². The third-order valence-electron chi connectivity index (χ3n) is 2.18. The number of ether oxygens (including phenoxy) is 1. The number of amides is 2. The highest BCUT2D eigenvalue weighted by molar-refractivity contribution is 8.76. The third kappa shape index (κ3) is 6.49. The minimum Gasteiger partial charge on any atom is -0.432 e. The summed E-state index contributed by atoms with van der Waals surface area (Å²) in [6.07, 6.45) is -0.916. The molecule has 0 aromatic heterocycles. The summed E-state index contributed by atoms with van der Waals surface area (Å²) in [5.74, 6) is 0.426. The largest absolute Gasteiger partial charge is 0.533 e. The van der Waals surface area contributed by atoms with Gasteiger partial charge in [0.25, 0.3) is 11.8 Å². The zero-order chi connectivity index (χ0) is 15.5. The fraction of sp³-hybridized carbons (Fsp3) is 0.727. The number of nitrogens with one attached hydrogen (secondary N) is 1. The number of carbonyl (C=O) groups is 3. The van der Waals surface area contributed by atoms with E-state index < -0.39 is 18.0 Å². The minimum absolute atomic E-state index is 0.0624. The molecule has 2 amide bonds. The number of rotatable bonds is 9. The van der Waals surface area contributed by atoms with E-state index >= 15 is 0 Å². The molecule has 20 heavy (non-hydrogen) atoms. The number of hydrogen-bond donors (Lipinski definition) is 1. The van der Waals surface area contributed by atoms with Crippen LogP contribution in [0.25, 0.3) is 0 Å². The maximum Gasteiger partial charge on any atom is 0.533 e. The van der Waals surface area contributed by atoms with Gasteiger partial charge in [0.05, 0.1) is 0 Å². The van der Waals surface area contributed by atoms with Crippen molar-refractivity contribution in [1.82, 2.24) is 10.4 Å². The molecule has 0 aliphatic carbocycles. The Hall–Kier alpha value is -0.930. The number of carbonyl (C=O) groups excluding carboxylic acids is 3. The van der Waals surface area contributed by atoms with Crippen molar-refractivity contribution in [2.45, 2.75) is 19.7 Å². The first kappa shape index (κ1) is 15.5. The van der Waals surface area contributed by atoms with Crippen LogP contribution in [-0.2, 0) is 19.2 Å². The van der Waals surface area contributed by atoms with Crippen molar-refractivity contribution < 1.29 is 25.3 Å². The molecule has 0 radical (unpaired) electrons. The monoisotopic (exact) mass is 324 g/mol. The summed E-state index contributed by atoms with van der Waals surface area (Å²) in [5.41, 5.74) is 0. The van der Waals surface area contributed by atoms with Gasteiger partial charge >= 0.3 is 6.16 Å². The van der Waals surface area contributed by atoms with Crippen LogP contribution in [0.1, 0.15) is 21.1 Å². The number of hydrogen-bond acceptors (Lipinski definition) is 8. The van der Waals surface area contributed by atoms with Gasteiger partial charge in [0.2, 0.25) is 0 Å². The van der Waals surface area contributed by atoms with Gasteiger partial charge in [-0.15, -0.1) is 0 Å². The Morgan fingerprint density at radius 2 is 2.05 bits per heavy atom. The molecule has 114 valence electrons. The Labute approximate surface area is 126 Å². The van der Waals surface area contributed by atoms with E-state index in [2.05, 4.69) is 10.2 Å². The molecule has 1 fully saturated rings. The highest BCUT2D eigenvalue weighted by Gasteiger charge is 2.33. The van der Waals surface area contributed by atoms with E-state index in [4.69, 9.17) is 6.11 Å². The summed E-state index contributed by atoms with van der Waals surface area (Å²) in [6.45, 7) is 2.04. The number of nitrogens with zero attached hydrogens (tertiary/aromatic N) is 1. The lowest BCUT2D eigenvalue weighted by Crippen LogP contribution is -2.32. The van der Waals surface area contributed by atoms with E-state index in [-0.39, 0.29) is 19.4 Å². The van der Waals surface area contributed by atoms with Crippen molar-refractivity contribution in [1.29, 1.82) is 0 Å². The smallest absolute Gasteiger partial charge is 0.432 e. The fourth-order valence-corrected chi connectivity index (χ4v) is 3.05. The molecule has 1 aliphatic heterocycles. The van der Waals surface area contributed by atoms with Crippen molar-refractivity contribution in [3.63, 3.8) is 0 Å². The van der Waals surface area contributed by atoms with Crippen LogP contribution in [0.4, 0.5) is 4.79 Å². The number of imide groups is 1. The predicted octanol–water partition coefficient (Wildman–Crippen LogP) is 1.19. The molecular formula is C11H18N2O5S2. The van der Waals surface area contributed by atoms with Crippen molar-refractivity contribution in [3.8, 4) is 0 Å². The molecule has 0 spiro atoms. The molecule has 0 aromatic rings. The van der Waals surface area contributed by atoms with Crippen molar-refractivity contribution in [2.75, 3.05) is 31.2 Å². The van der Waals surface area contributed by atoms with Gasteiger partial charge in [-0.25, -0.2) is 4.79 Å². The summed E-state index contributed by atoms with van der Waals surface area (Å²) in [6, 6.07) is 0. The fourth-order valence-electron chi connectivity index (χ4n) is 1.27. The SMILES string of the molecule is [3H]CCNCCSSCCOC(=O)ON1C(=O)CCC1=O. The van der Waals surface area contributed by atoms with E-state index in [9.17, 15) is 14.4 Å². The maximum absolute atomic E-state index is 11.3. The quantitative estimate of drug-likeness (QED) is 0.293. The van der Waals surface area contributed by atoms with Gasteiger partial charge in [-0.1, -0.05) is 33.6 Å². The lowest BCUT2D eigenvalue weighted by atomic mass is 10.4. The van der Waals surface area contributed by atoms with E-state index in [1.54, 1.807) is 21.6 Å². The summed E-state index contributed by atoms with van der Waals surface area (Å²) in [5, 5.41) is 3.56. The standard InChI is InChI=1S/C11H18N2O5S2/c1-2-12-5-7-19-20-8-6-17-11(16)18-13-9(14)3-4-10(13)15/h12H,2-8H2,1H3/i1T. The molecule has 0 saturated carbocycles. The Balaban J connectivity index is 1.96.